The van der Waals surface area contributed by atoms with E-state index in [0.29, 0.717) is 18.4 Å². The Labute approximate surface area is 416 Å². The first-order valence-corrected chi connectivity index (χ1v) is 24.5. The van der Waals surface area contributed by atoms with Crippen molar-refractivity contribution in [3.63, 3.8) is 0 Å². The lowest BCUT2D eigenvalue weighted by Gasteiger charge is -2.35. The summed E-state index contributed by atoms with van der Waals surface area (Å²) in [6, 6.07) is 72.6. The minimum absolute atomic E-state index is 0.0841. The molecule has 0 spiro atoms. The zero-order valence-corrected chi connectivity index (χ0v) is 39.0. The third-order valence-corrected chi connectivity index (χ3v) is 14.9. The lowest BCUT2D eigenvalue weighted by Crippen LogP contribution is -2.27. The first kappa shape index (κ1) is 41.4. The molecule has 1 aromatic heterocycles. The average molecular weight is 923 g/mol. The van der Waals surface area contributed by atoms with Crippen LogP contribution in [-0.2, 0) is 0 Å². The molecule has 0 N–H and O–H groups in total. The molecular weight excluding hydrogens is 881 g/mol. The molecule has 0 fully saturated rings. The van der Waals surface area contributed by atoms with E-state index in [0.717, 1.165) is 134 Å². The molecular formula is C66H42N4O2. The number of para-hydroxylation sites is 3. The van der Waals surface area contributed by atoms with Crippen molar-refractivity contribution in [3.05, 3.63) is 252 Å². The molecule has 0 radical (unpaired) electrons. The molecule has 2 heterocycles. The first-order valence-electron chi connectivity index (χ1n) is 24.5. The van der Waals surface area contributed by atoms with Crippen molar-refractivity contribution in [1.82, 2.24) is 0 Å². The van der Waals surface area contributed by atoms with Gasteiger partial charge in [0, 0.05) is 49.6 Å². The van der Waals surface area contributed by atoms with Crippen molar-refractivity contribution in [2.45, 2.75) is 25.2 Å². The molecule has 0 bridgehead atoms. The van der Waals surface area contributed by atoms with Crippen molar-refractivity contribution in [1.29, 1.82) is 10.5 Å². The number of benzene rings is 10. The average Bonchev–Trinajstić information content (AvgIpc) is 4.03. The highest BCUT2D eigenvalue weighted by atomic mass is 16.5. The number of nitriles is 2. The summed E-state index contributed by atoms with van der Waals surface area (Å²) in [6.07, 6.45) is 8.89. The van der Waals surface area contributed by atoms with Crippen molar-refractivity contribution in [3.8, 4) is 29.0 Å². The van der Waals surface area contributed by atoms with Gasteiger partial charge < -0.3 is 19.0 Å². The van der Waals surface area contributed by atoms with E-state index >= 15 is 0 Å². The van der Waals surface area contributed by atoms with Gasteiger partial charge in [0.05, 0.1) is 46.4 Å². The summed E-state index contributed by atoms with van der Waals surface area (Å²) in [6.45, 7) is 0. The molecule has 14 rings (SSSR count). The van der Waals surface area contributed by atoms with E-state index in [2.05, 4.69) is 174 Å². The molecule has 1 unspecified atom stereocenters. The molecule has 0 saturated heterocycles. The van der Waals surface area contributed by atoms with Crippen LogP contribution in [0.2, 0.25) is 0 Å². The molecule has 2 aliphatic carbocycles. The predicted octanol–water partition coefficient (Wildman–Crippen LogP) is 17.3. The second kappa shape index (κ2) is 16.5. The highest BCUT2D eigenvalue weighted by Gasteiger charge is 2.37. The molecule has 10 aromatic carbocycles. The SMILES string of the molecule is N#CC1=C(c2ccccc2)C=C(N(C2=C3Oc4ccccc4C3CC=C2)c2ccc3ccc4c(N(c5ccc(C#N)c(-c6ccccc6)c5)c5cccc6c5oc5ccccc56)ccc5ccc2c3c54)CC1. The first-order chi connectivity index (χ1) is 35.6. The minimum Gasteiger partial charge on any atom is -0.459 e. The van der Waals surface area contributed by atoms with E-state index in [1.165, 1.54) is 5.56 Å². The van der Waals surface area contributed by atoms with Crippen LogP contribution in [0, 0.1) is 22.7 Å². The van der Waals surface area contributed by atoms with Gasteiger partial charge in [0.15, 0.2) is 5.58 Å². The van der Waals surface area contributed by atoms with Crippen LogP contribution < -0.4 is 14.5 Å². The topological polar surface area (TPSA) is 76.4 Å². The van der Waals surface area contributed by atoms with Crippen LogP contribution in [0.4, 0.5) is 22.7 Å². The van der Waals surface area contributed by atoms with Gasteiger partial charge in [-0.15, -0.1) is 0 Å². The van der Waals surface area contributed by atoms with E-state index in [1.807, 2.05) is 60.7 Å². The Balaban J connectivity index is 1.02. The van der Waals surface area contributed by atoms with Gasteiger partial charge in [-0.3, -0.25) is 0 Å². The van der Waals surface area contributed by atoms with Gasteiger partial charge in [-0.05, 0) is 118 Å². The van der Waals surface area contributed by atoms with Gasteiger partial charge in [0.1, 0.15) is 17.1 Å². The van der Waals surface area contributed by atoms with Crippen LogP contribution in [0.1, 0.15) is 41.9 Å². The monoisotopic (exact) mass is 922 g/mol. The van der Waals surface area contributed by atoms with E-state index in [9.17, 15) is 10.5 Å². The Morgan fingerprint density at radius 2 is 1.22 bits per heavy atom. The lowest BCUT2D eigenvalue weighted by atomic mass is 9.87. The van der Waals surface area contributed by atoms with E-state index in [1.54, 1.807) is 0 Å². The van der Waals surface area contributed by atoms with Crippen LogP contribution in [0.25, 0.3) is 71.0 Å². The number of fused-ring (bicyclic) bond motifs is 6. The molecule has 6 nitrogen and oxygen atoms in total. The van der Waals surface area contributed by atoms with Gasteiger partial charge in [-0.1, -0.05) is 152 Å². The lowest BCUT2D eigenvalue weighted by molar-refractivity contribution is 0.417. The highest BCUT2D eigenvalue weighted by Crippen LogP contribution is 2.52. The van der Waals surface area contributed by atoms with Crippen LogP contribution >= 0.6 is 0 Å². The zero-order chi connectivity index (χ0) is 47.9. The Morgan fingerprint density at radius 1 is 0.542 bits per heavy atom. The molecule has 72 heavy (non-hydrogen) atoms. The van der Waals surface area contributed by atoms with E-state index in [-0.39, 0.29) is 5.92 Å². The molecule has 338 valence electrons. The predicted molar refractivity (Wildman–Crippen MR) is 292 cm³/mol. The standard InChI is InChI=1S/C66H42N4O2/c67-39-45-25-31-47(37-55(45)41-13-3-1-4-14-41)69(59-21-11-19-51-49-17-7-9-23-61(49)71-65(51)59)57-35-29-43-28-34-54-58(36-30-44-27-33-53(57)63(43)64(44)54)70(48-32-26-46(40-68)56(38-48)42-15-5-2-6-16-42)60-22-12-20-52-50-18-8-10-24-62(50)72-66(52)60/h1-19,21-25,27-31,33-38,52H,20,26,32H2. The molecule has 0 saturated carbocycles. The fourth-order valence-electron chi connectivity index (χ4n) is 11.7. The summed E-state index contributed by atoms with van der Waals surface area (Å²) in [7, 11) is 0. The fraction of sp³-hybridized carbons (Fsp3) is 0.0606. The van der Waals surface area contributed by atoms with Crippen molar-refractivity contribution in [2.75, 3.05) is 9.80 Å². The van der Waals surface area contributed by atoms with Crippen LogP contribution in [0.3, 0.4) is 0 Å². The zero-order valence-electron chi connectivity index (χ0n) is 39.0. The van der Waals surface area contributed by atoms with Gasteiger partial charge in [-0.25, -0.2) is 0 Å². The van der Waals surface area contributed by atoms with Crippen LogP contribution in [-0.4, -0.2) is 0 Å². The van der Waals surface area contributed by atoms with Crippen molar-refractivity contribution in [2.24, 2.45) is 0 Å². The second-order valence-electron chi connectivity index (χ2n) is 18.8. The maximum atomic E-state index is 10.5. The van der Waals surface area contributed by atoms with Gasteiger partial charge in [-0.2, -0.15) is 10.5 Å². The third kappa shape index (κ3) is 6.40. The largest absolute Gasteiger partial charge is 0.459 e. The second-order valence-corrected chi connectivity index (χ2v) is 18.8. The molecule has 6 heteroatoms. The number of rotatable bonds is 8. The molecule has 0 amide bonds. The quantitative estimate of drug-likeness (QED) is 0.141. The van der Waals surface area contributed by atoms with Crippen molar-refractivity contribution >= 4 is 82.6 Å². The number of nitrogens with zero attached hydrogens (tertiary/aromatic N) is 4. The maximum Gasteiger partial charge on any atom is 0.159 e. The summed E-state index contributed by atoms with van der Waals surface area (Å²) < 4.78 is 13.7. The number of hydrogen-bond donors (Lipinski definition) is 0. The fourth-order valence-corrected chi connectivity index (χ4v) is 11.7. The normalized spacial score (nSPS) is 15.2. The third-order valence-electron chi connectivity index (χ3n) is 14.9. The maximum absolute atomic E-state index is 10.5. The Bertz CT molecular complexity index is 4260. The summed E-state index contributed by atoms with van der Waals surface area (Å²) in [5, 5.41) is 29.8. The number of hydrogen-bond acceptors (Lipinski definition) is 6. The van der Waals surface area contributed by atoms with E-state index < -0.39 is 0 Å². The van der Waals surface area contributed by atoms with Gasteiger partial charge in [0.25, 0.3) is 0 Å². The Morgan fingerprint density at radius 3 is 1.99 bits per heavy atom. The number of anilines is 4. The van der Waals surface area contributed by atoms with Crippen LogP contribution in [0.15, 0.2) is 239 Å². The molecule has 11 aromatic rings. The number of furan rings is 1. The molecule has 1 atom stereocenters. The van der Waals surface area contributed by atoms with Gasteiger partial charge >= 0.3 is 0 Å². The highest BCUT2D eigenvalue weighted by molar-refractivity contribution is 6.28. The van der Waals surface area contributed by atoms with Crippen LogP contribution in [0.5, 0.6) is 5.75 Å². The molecule has 1 aliphatic heterocycles. The van der Waals surface area contributed by atoms with Gasteiger partial charge in [0.2, 0.25) is 0 Å². The Hall–Kier alpha value is -9.62. The summed E-state index contributed by atoms with van der Waals surface area (Å²) >= 11 is 0. The van der Waals surface area contributed by atoms with E-state index in [4.69, 9.17) is 9.15 Å². The summed E-state index contributed by atoms with van der Waals surface area (Å²) in [5.74, 6) is 1.93. The summed E-state index contributed by atoms with van der Waals surface area (Å²) in [5.41, 5.74) is 13.9. The molecule has 3 aliphatic rings. The minimum atomic E-state index is 0.0841. The number of allylic oxidation sites excluding steroid dienone is 7. The summed E-state index contributed by atoms with van der Waals surface area (Å²) in [4.78, 5) is 4.73. The Kier molecular flexibility index (Phi) is 9.49. The smallest absolute Gasteiger partial charge is 0.159 e. The number of ether oxygens (including phenoxy) is 1. The van der Waals surface area contributed by atoms with Crippen molar-refractivity contribution < 1.29 is 9.15 Å².